The maximum atomic E-state index is 6.04. The lowest BCUT2D eigenvalue weighted by Gasteiger charge is -2.22. The van der Waals surface area contributed by atoms with E-state index in [1.165, 1.54) is 19.3 Å². The van der Waals surface area contributed by atoms with Crippen LogP contribution in [0.5, 0.6) is 0 Å². The van der Waals surface area contributed by atoms with Gasteiger partial charge in [0, 0.05) is 6.04 Å². The number of hydrogen-bond donors (Lipinski definition) is 2. The second-order valence-electron chi connectivity index (χ2n) is 5.80. The molecule has 3 unspecified atom stereocenters. The van der Waals surface area contributed by atoms with Crippen molar-refractivity contribution in [1.82, 2.24) is 9.97 Å². The molecule has 4 nitrogen and oxygen atoms in total. The molecule has 1 aromatic heterocycles. The number of aromatic nitrogens is 2. The summed E-state index contributed by atoms with van der Waals surface area (Å²) in [5.41, 5.74) is 7.78. The van der Waals surface area contributed by atoms with Crippen LogP contribution in [0, 0.1) is 11.8 Å². The number of fused-ring (bicyclic) bond motifs is 1. The average Bonchev–Trinajstić information content (AvgIpc) is 2.80. The van der Waals surface area contributed by atoms with E-state index in [1.807, 2.05) is 24.3 Å². The zero-order chi connectivity index (χ0) is 14.1. The summed E-state index contributed by atoms with van der Waals surface area (Å²) in [6.45, 7) is 4.59. The third kappa shape index (κ3) is 2.30. The molecular weight excluding hydrogens is 248 g/mol. The van der Waals surface area contributed by atoms with Crippen LogP contribution in [0.3, 0.4) is 0 Å². The highest BCUT2D eigenvalue weighted by Crippen LogP contribution is 2.36. The molecule has 3 rings (SSSR count). The SMILES string of the molecule is CCC1CCC(Nc2nc3ccccc3nc2N)C1C. The Morgan fingerprint density at radius 2 is 1.90 bits per heavy atom. The summed E-state index contributed by atoms with van der Waals surface area (Å²) in [5, 5.41) is 3.52. The van der Waals surface area contributed by atoms with E-state index in [-0.39, 0.29) is 0 Å². The molecule has 1 aliphatic rings. The topological polar surface area (TPSA) is 63.8 Å². The first-order valence-electron chi connectivity index (χ1n) is 7.47. The van der Waals surface area contributed by atoms with Crippen LogP contribution in [0.2, 0.25) is 0 Å². The van der Waals surface area contributed by atoms with Crippen LogP contribution in [-0.2, 0) is 0 Å². The van der Waals surface area contributed by atoms with Crippen molar-refractivity contribution in [2.75, 3.05) is 11.1 Å². The van der Waals surface area contributed by atoms with Crippen molar-refractivity contribution in [3.8, 4) is 0 Å². The van der Waals surface area contributed by atoms with Gasteiger partial charge in [0.25, 0.3) is 0 Å². The molecule has 1 heterocycles. The Morgan fingerprint density at radius 3 is 2.55 bits per heavy atom. The highest BCUT2D eigenvalue weighted by atomic mass is 15.1. The zero-order valence-electron chi connectivity index (χ0n) is 12.1. The number of para-hydroxylation sites is 2. The smallest absolute Gasteiger partial charge is 0.169 e. The fourth-order valence-electron chi connectivity index (χ4n) is 3.32. The number of benzene rings is 1. The molecular formula is C16H22N4. The maximum absolute atomic E-state index is 6.04. The van der Waals surface area contributed by atoms with E-state index in [0.29, 0.717) is 17.8 Å². The van der Waals surface area contributed by atoms with Gasteiger partial charge in [0.15, 0.2) is 11.6 Å². The van der Waals surface area contributed by atoms with Crippen molar-refractivity contribution in [1.29, 1.82) is 0 Å². The Hall–Kier alpha value is -1.84. The van der Waals surface area contributed by atoms with Crippen LogP contribution in [-0.4, -0.2) is 16.0 Å². The van der Waals surface area contributed by atoms with Crippen LogP contribution in [0.1, 0.15) is 33.1 Å². The lowest BCUT2D eigenvalue weighted by molar-refractivity contribution is 0.391. The molecule has 0 spiro atoms. The summed E-state index contributed by atoms with van der Waals surface area (Å²) < 4.78 is 0. The molecule has 20 heavy (non-hydrogen) atoms. The van der Waals surface area contributed by atoms with Crippen molar-refractivity contribution < 1.29 is 0 Å². The summed E-state index contributed by atoms with van der Waals surface area (Å²) in [6, 6.07) is 8.29. The van der Waals surface area contributed by atoms with Crippen molar-refractivity contribution in [2.24, 2.45) is 11.8 Å². The average molecular weight is 270 g/mol. The minimum atomic E-state index is 0.456. The highest BCUT2D eigenvalue weighted by molar-refractivity contribution is 5.79. The van der Waals surface area contributed by atoms with Gasteiger partial charge in [0.1, 0.15) is 0 Å². The fourth-order valence-corrected chi connectivity index (χ4v) is 3.32. The number of nitrogens with one attached hydrogen (secondary N) is 1. The van der Waals surface area contributed by atoms with Crippen LogP contribution in [0.15, 0.2) is 24.3 Å². The molecule has 0 amide bonds. The highest BCUT2D eigenvalue weighted by Gasteiger charge is 2.32. The summed E-state index contributed by atoms with van der Waals surface area (Å²) in [5.74, 6) is 2.70. The van der Waals surface area contributed by atoms with Gasteiger partial charge in [-0.2, -0.15) is 0 Å². The molecule has 1 aromatic carbocycles. The fraction of sp³-hybridized carbons (Fsp3) is 0.500. The number of anilines is 2. The molecule has 4 heteroatoms. The second kappa shape index (κ2) is 5.27. The van der Waals surface area contributed by atoms with E-state index in [9.17, 15) is 0 Å². The van der Waals surface area contributed by atoms with Crippen molar-refractivity contribution in [2.45, 2.75) is 39.2 Å². The first-order chi connectivity index (χ1) is 9.69. The molecule has 106 valence electrons. The lowest BCUT2D eigenvalue weighted by atomic mass is 9.93. The Morgan fingerprint density at radius 1 is 1.20 bits per heavy atom. The van der Waals surface area contributed by atoms with Gasteiger partial charge in [0.2, 0.25) is 0 Å². The van der Waals surface area contributed by atoms with Gasteiger partial charge in [-0.25, -0.2) is 9.97 Å². The van der Waals surface area contributed by atoms with E-state index in [4.69, 9.17) is 5.73 Å². The van der Waals surface area contributed by atoms with E-state index in [2.05, 4.69) is 29.1 Å². The molecule has 2 aromatic rings. The summed E-state index contributed by atoms with van der Waals surface area (Å²) >= 11 is 0. The maximum Gasteiger partial charge on any atom is 0.169 e. The summed E-state index contributed by atoms with van der Waals surface area (Å²) in [7, 11) is 0. The van der Waals surface area contributed by atoms with Crippen molar-refractivity contribution >= 4 is 22.7 Å². The number of nitrogens with zero attached hydrogens (tertiary/aromatic N) is 2. The van der Waals surface area contributed by atoms with Gasteiger partial charge in [0.05, 0.1) is 11.0 Å². The zero-order valence-corrected chi connectivity index (χ0v) is 12.1. The van der Waals surface area contributed by atoms with E-state index in [0.717, 1.165) is 22.8 Å². The van der Waals surface area contributed by atoms with Gasteiger partial charge < -0.3 is 11.1 Å². The lowest BCUT2D eigenvalue weighted by Crippen LogP contribution is -2.25. The van der Waals surface area contributed by atoms with Crippen molar-refractivity contribution in [3.05, 3.63) is 24.3 Å². The quantitative estimate of drug-likeness (QED) is 0.896. The standard InChI is InChI=1S/C16H22N4/c1-3-11-8-9-12(10(11)2)19-16-15(17)18-13-6-4-5-7-14(13)20-16/h4-7,10-12H,3,8-9H2,1-2H3,(H2,17,18)(H,19,20). The van der Waals surface area contributed by atoms with Crippen molar-refractivity contribution in [3.63, 3.8) is 0 Å². The van der Waals surface area contributed by atoms with Gasteiger partial charge in [-0.1, -0.05) is 32.4 Å². The number of nitrogens with two attached hydrogens (primary N) is 1. The molecule has 1 fully saturated rings. The molecule has 1 aliphatic carbocycles. The molecule has 3 atom stereocenters. The van der Waals surface area contributed by atoms with Crippen LogP contribution >= 0.6 is 0 Å². The molecule has 0 aliphatic heterocycles. The third-order valence-electron chi connectivity index (χ3n) is 4.67. The summed E-state index contributed by atoms with van der Waals surface area (Å²) in [4.78, 5) is 9.06. The Bertz CT molecular complexity index is 610. The van der Waals surface area contributed by atoms with Gasteiger partial charge in [-0.3, -0.25) is 0 Å². The first-order valence-corrected chi connectivity index (χ1v) is 7.47. The Labute approximate surface area is 119 Å². The van der Waals surface area contributed by atoms with Gasteiger partial charge in [-0.05, 0) is 36.8 Å². The molecule has 0 saturated heterocycles. The normalized spacial score (nSPS) is 26.0. The van der Waals surface area contributed by atoms with Crippen LogP contribution in [0.4, 0.5) is 11.6 Å². The molecule has 0 bridgehead atoms. The molecule has 3 N–H and O–H groups in total. The monoisotopic (exact) mass is 270 g/mol. The predicted molar refractivity (Wildman–Crippen MR) is 83.5 cm³/mol. The molecule has 0 radical (unpaired) electrons. The van der Waals surface area contributed by atoms with E-state index in [1.54, 1.807) is 0 Å². The summed E-state index contributed by atoms with van der Waals surface area (Å²) in [6.07, 6.45) is 3.72. The number of nitrogen functional groups attached to an aromatic ring is 1. The Kier molecular flexibility index (Phi) is 3.47. The van der Waals surface area contributed by atoms with Gasteiger partial charge in [-0.15, -0.1) is 0 Å². The largest absolute Gasteiger partial charge is 0.381 e. The van der Waals surface area contributed by atoms with E-state index < -0.39 is 0 Å². The predicted octanol–water partition coefficient (Wildman–Crippen LogP) is 3.45. The minimum absolute atomic E-state index is 0.456. The molecule has 1 saturated carbocycles. The minimum Gasteiger partial charge on any atom is -0.381 e. The third-order valence-corrected chi connectivity index (χ3v) is 4.67. The van der Waals surface area contributed by atoms with Crippen LogP contribution in [0.25, 0.3) is 11.0 Å². The number of hydrogen-bond acceptors (Lipinski definition) is 4. The second-order valence-corrected chi connectivity index (χ2v) is 5.80. The first kappa shape index (κ1) is 13.2. The Balaban J connectivity index is 1.86. The van der Waals surface area contributed by atoms with Gasteiger partial charge >= 0.3 is 0 Å². The van der Waals surface area contributed by atoms with Crippen LogP contribution < -0.4 is 11.1 Å². The number of rotatable bonds is 3. The van der Waals surface area contributed by atoms with E-state index >= 15 is 0 Å².